The van der Waals surface area contributed by atoms with Crippen molar-refractivity contribution in [2.75, 3.05) is 43.4 Å². The molecule has 4 heterocycles. The van der Waals surface area contributed by atoms with E-state index in [2.05, 4.69) is 44.3 Å². The highest BCUT2D eigenvalue weighted by molar-refractivity contribution is 6.04. The lowest BCUT2D eigenvalue weighted by molar-refractivity contribution is -0.138. The summed E-state index contributed by atoms with van der Waals surface area (Å²) in [5.41, 5.74) is 1.13. The Morgan fingerprint density at radius 1 is 1.02 bits per heavy atom. The molecule has 2 amide bonds. The van der Waals surface area contributed by atoms with Crippen molar-refractivity contribution in [2.24, 2.45) is 0 Å². The fourth-order valence-electron chi connectivity index (χ4n) is 4.71. The van der Waals surface area contributed by atoms with Gasteiger partial charge in [0.2, 0.25) is 5.91 Å². The summed E-state index contributed by atoms with van der Waals surface area (Å²) >= 11 is 0. The summed E-state index contributed by atoms with van der Waals surface area (Å²) in [6.07, 6.45) is -1.35. The number of pyridine rings is 2. The highest BCUT2D eigenvalue weighted by atomic mass is 19.4. The zero-order chi connectivity index (χ0) is 28.3. The van der Waals surface area contributed by atoms with Crippen molar-refractivity contribution in [2.45, 2.75) is 26.1 Å². The number of hydrogen-bond acceptors (Lipinski definition) is 6. The number of likely N-dealkylation sites (N-methyl/N-ethyl adjacent to an activating group) is 1. The first-order valence-electron chi connectivity index (χ1n) is 12.9. The minimum Gasteiger partial charge on any atom is -0.310 e. The molecule has 0 unspecified atom stereocenters. The molecule has 206 valence electrons. The SMILES string of the molecule is CCN1CCN(Cc2ccc(C(=O)Nc3cc(C#Cc4cnc5c(c4)CC(=O)N5)ccn3)cc2C(F)(F)F)CC1. The van der Waals surface area contributed by atoms with Gasteiger partial charge in [0.25, 0.3) is 5.91 Å². The number of anilines is 2. The van der Waals surface area contributed by atoms with E-state index in [1.807, 2.05) is 4.90 Å². The molecule has 1 fully saturated rings. The molecule has 8 nitrogen and oxygen atoms in total. The number of benzene rings is 1. The van der Waals surface area contributed by atoms with Crippen molar-refractivity contribution in [3.8, 4) is 11.8 Å². The Balaban J connectivity index is 1.29. The number of carbonyl (C=O) groups excluding carboxylic acids is 2. The van der Waals surface area contributed by atoms with Crippen LogP contribution >= 0.6 is 0 Å². The number of halogens is 3. The Hall–Kier alpha value is -4.27. The van der Waals surface area contributed by atoms with Crippen LogP contribution < -0.4 is 10.6 Å². The van der Waals surface area contributed by atoms with Crippen LogP contribution in [0.3, 0.4) is 0 Å². The topological polar surface area (TPSA) is 90.5 Å². The van der Waals surface area contributed by atoms with Crippen LogP contribution in [0.15, 0.2) is 48.8 Å². The Bertz CT molecular complexity index is 1500. The quantitative estimate of drug-likeness (QED) is 0.472. The van der Waals surface area contributed by atoms with Gasteiger partial charge in [-0.05, 0) is 42.4 Å². The van der Waals surface area contributed by atoms with Crippen molar-refractivity contribution >= 4 is 23.5 Å². The van der Waals surface area contributed by atoms with Gasteiger partial charge in [0.1, 0.15) is 11.6 Å². The van der Waals surface area contributed by atoms with E-state index >= 15 is 0 Å². The van der Waals surface area contributed by atoms with E-state index in [0.29, 0.717) is 30.0 Å². The fraction of sp³-hybridized carbons (Fsp3) is 0.310. The minimum absolute atomic E-state index is 0.113. The molecule has 2 N–H and O–H groups in total. The second-order valence-electron chi connectivity index (χ2n) is 9.67. The van der Waals surface area contributed by atoms with Crippen molar-refractivity contribution in [3.05, 3.63) is 82.2 Å². The molecular formula is C29H27F3N6O2. The fourth-order valence-corrected chi connectivity index (χ4v) is 4.71. The monoisotopic (exact) mass is 548 g/mol. The molecule has 2 aliphatic heterocycles. The first-order chi connectivity index (χ1) is 19.2. The van der Waals surface area contributed by atoms with Crippen LogP contribution in [-0.4, -0.2) is 64.3 Å². The maximum Gasteiger partial charge on any atom is 0.416 e. The third-order valence-corrected chi connectivity index (χ3v) is 6.91. The zero-order valence-corrected chi connectivity index (χ0v) is 21.8. The van der Waals surface area contributed by atoms with E-state index in [1.54, 1.807) is 18.3 Å². The predicted molar refractivity (Wildman–Crippen MR) is 144 cm³/mol. The van der Waals surface area contributed by atoms with Gasteiger partial charge in [-0.1, -0.05) is 24.8 Å². The van der Waals surface area contributed by atoms with Gasteiger partial charge < -0.3 is 15.5 Å². The Morgan fingerprint density at radius 2 is 1.77 bits per heavy atom. The molecule has 0 atom stereocenters. The van der Waals surface area contributed by atoms with Crippen LogP contribution in [0.1, 0.15) is 45.1 Å². The smallest absolute Gasteiger partial charge is 0.310 e. The number of carbonyl (C=O) groups is 2. The number of nitrogens with zero attached hydrogens (tertiary/aromatic N) is 4. The normalized spacial score (nSPS) is 15.7. The Labute approximate surface area is 229 Å². The molecule has 1 aromatic carbocycles. The number of alkyl halides is 3. The molecular weight excluding hydrogens is 521 g/mol. The van der Waals surface area contributed by atoms with Gasteiger partial charge in [-0.3, -0.25) is 14.5 Å². The van der Waals surface area contributed by atoms with E-state index in [1.165, 1.54) is 24.4 Å². The summed E-state index contributed by atoms with van der Waals surface area (Å²) in [4.78, 5) is 37.0. The number of fused-ring (bicyclic) bond motifs is 1. The lowest BCUT2D eigenvalue weighted by atomic mass is 10.0. The average Bonchev–Trinajstić information content (AvgIpc) is 3.31. The van der Waals surface area contributed by atoms with Crippen molar-refractivity contribution < 1.29 is 22.8 Å². The third-order valence-electron chi connectivity index (χ3n) is 6.91. The zero-order valence-electron chi connectivity index (χ0n) is 21.8. The van der Waals surface area contributed by atoms with E-state index in [0.717, 1.165) is 31.3 Å². The van der Waals surface area contributed by atoms with Gasteiger partial charge in [-0.25, -0.2) is 9.97 Å². The third kappa shape index (κ3) is 6.47. The van der Waals surface area contributed by atoms with E-state index in [4.69, 9.17) is 0 Å². The summed E-state index contributed by atoms with van der Waals surface area (Å²) in [5, 5.41) is 5.23. The molecule has 0 bridgehead atoms. The first-order valence-corrected chi connectivity index (χ1v) is 12.9. The highest BCUT2D eigenvalue weighted by Crippen LogP contribution is 2.33. The molecule has 3 aromatic rings. The summed E-state index contributed by atoms with van der Waals surface area (Å²) in [6.45, 7) is 6.17. The number of aromatic nitrogens is 2. The van der Waals surface area contributed by atoms with Crippen LogP contribution in [0, 0.1) is 11.8 Å². The molecule has 2 aromatic heterocycles. The number of rotatable bonds is 5. The standard InChI is InChI=1S/C29H27F3N6O2/c1-2-37-9-11-38(12-10-37)18-22-6-5-21(15-24(22)29(30,31)32)28(40)35-25-14-19(7-8-33-25)3-4-20-13-23-16-26(39)36-27(23)34-17-20/h5-8,13-15,17H,2,9-12,16,18H2,1H3,(H,33,35,40)(H,34,36,39). The molecule has 0 radical (unpaired) electrons. The molecule has 0 spiro atoms. The lowest BCUT2D eigenvalue weighted by Gasteiger charge is -2.34. The van der Waals surface area contributed by atoms with Crippen LogP contribution in [0.5, 0.6) is 0 Å². The molecule has 1 saturated heterocycles. The number of amides is 2. The van der Waals surface area contributed by atoms with E-state index in [-0.39, 0.29) is 35.8 Å². The van der Waals surface area contributed by atoms with Gasteiger partial charge in [-0.15, -0.1) is 0 Å². The van der Waals surface area contributed by atoms with Gasteiger partial charge in [-0.2, -0.15) is 13.2 Å². The summed E-state index contributed by atoms with van der Waals surface area (Å²) in [6, 6.07) is 8.65. The number of hydrogen-bond donors (Lipinski definition) is 2. The second-order valence-corrected chi connectivity index (χ2v) is 9.67. The van der Waals surface area contributed by atoms with Gasteiger partial charge >= 0.3 is 6.18 Å². The highest BCUT2D eigenvalue weighted by Gasteiger charge is 2.34. The van der Waals surface area contributed by atoms with Gasteiger partial charge in [0, 0.05) is 67.4 Å². The summed E-state index contributed by atoms with van der Waals surface area (Å²) in [7, 11) is 0. The minimum atomic E-state index is -4.60. The van der Waals surface area contributed by atoms with Crippen LogP contribution in [-0.2, 0) is 23.9 Å². The summed E-state index contributed by atoms with van der Waals surface area (Å²) in [5.74, 6) is 5.78. The molecule has 0 aliphatic carbocycles. The van der Waals surface area contributed by atoms with Crippen LogP contribution in [0.25, 0.3) is 0 Å². The number of piperazine rings is 1. The molecule has 0 saturated carbocycles. The first kappa shape index (κ1) is 27.3. The Morgan fingerprint density at radius 3 is 2.52 bits per heavy atom. The summed E-state index contributed by atoms with van der Waals surface area (Å²) < 4.78 is 41.8. The molecule has 2 aliphatic rings. The van der Waals surface area contributed by atoms with Gasteiger partial charge in [0.05, 0.1) is 12.0 Å². The molecule has 40 heavy (non-hydrogen) atoms. The Kier molecular flexibility index (Phi) is 7.82. The predicted octanol–water partition coefficient (Wildman–Crippen LogP) is 3.78. The van der Waals surface area contributed by atoms with Gasteiger partial charge in [0.15, 0.2) is 0 Å². The van der Waals surface area contributed by atoms with Crippen LogP contribution in [0.2, 0.25) is 0 Å². The van der Waals surface area contributed by atoms with Crippen molar-refractivity contribution in [1.29, 1.82) is 0 Å². The lowest BCUT2D eigenvalue weighted by Crippen LogP contribution is -2.45. The van der Waals surface area contributed by atoms with E-state index in [9.17, 15) is 22.8 Å². The van der Waals surface area contributed by atoms with Crippen LogP contribution in [0.4, 0.5) is 24.8 Å². The van der Waals surface area contributed by atoms with Crippen molar-refractivity contribution in [3.63, 3.8) is 0 Å². The largest absolute Gasteiger partial charge is 0.416 e. The average molecular weight is 549 g/mol. The molecule has 5 rings (SSSR count). The maximum absolute atomic E-state index is 13.9. The maximum atomic E-state index is 13.9. The van der Waals surface area contributed by atoms with Crippen molar-refractivity contribution in [1.82, 2.24) is 19.8 Å². The number of nitrogens with one attached hydrogen (secondary N) is 2. The van der Waals surface area contributed by atoms with E-state index < -0.39 is 17.6 Å². The molecule has 11 heteroatoms. The second kappa shape index (κ2) is 11.5.